The fraction of sp³-hybridized carbons (Fsp3) is 0.909. The minimum Gasteiger partial charge on any atom is -0.369 e. The lowest BCUT2D eigenvalue weighted by Crippen LogP contribution is -2.53. The van der Waals surface area contributed by atoms with E-state index in [0.29, 0.717) is 13.0 Å². The fourth-order valence-corrected chi connectivity index (χ4v) is 1.47. The summed E-state index contributed by atoms with van der Waals surface area (Å²) in [5.74, 6) is 0.174. The van der Waals surface area contributed by atoms with Gasteiger partial charge in [0, 0.05) is 13.0 Å². The van der Waals surface area contributed by atoms with E-state index in [0.717, 1.165) is 6.42 Å². The van der Waals surface area contributed by atoms with E-state index < -0.39 is 0 Å². The molecular weight excluding hydrogens is 180 g/mol. The van der Waals surface area contributed by atoms with E-state index in [1.807, 2.05) is 27.7 Å². The predicted molar refractivity (Wildman–Crippen MR) is 54.3 cm³/mol. The Morgan fingerprint density at radius 2 is 2.07 bits per heavy atom. The zero-order valence-electron chi connectivity index (χ0n) is 9.50. The lowest BCUT2D eigenvalue weighted by molar-refractivity contribution is -0.183. The number of rotatable bonds is 4. The first-order valence-corrected chi connectivity index (χ1v) is 5.26. The summed E-state index contributed by atoms with van der Waals surface area (Å²) in [5.41, 5.74) is -0.195. The molecule has 0 aromatic carbocycles. The molecule has 1 rings (SSSR count). The number of hydrogen-bond acceptors (Lipinski definition) is 3. The maximum atomic E-state index is 11.2. The Balaban J connectivity index is 2.37. The zero-order valence-corrected chi connectivity index (χ0v) is 9.50. The topological polar surface area (TPSA) is 35.5 Å². The van der Waals surface area contributed by atoms with Gasteiger partial charge in [-0.15, -0.1) is 0 Å². The summed E-state index contributed by atoms with van der Waals surface area (Å²) < 4.78 is 11.1. The molecule has 3 nitrogen and oxygen atoms in total. The molecule has 0 amide bonds. The van der Waals surface area contributed by atoms with Crippen molar-refractivity contribution < 1.29 is 14.3 Å². The quantitative estimate of drug-likeness (QED) is 0.695. The highest BCUT2D eigenvalue weighted by Crippen LogP contribution is 2.27. The molecule has 0 aliphatic heterocycles. The Morgan fingerprint density at radius 1 is 1.43 bits per heavy atom. The molecule has 2 atom stereocenters. The molecule has 0 radical (unpaired) electrons. The van der Waals surface area contributed by atoms with Gasteiger partial charge in [0.1, 0.15) is 6.10 Å². The van der Waals surface area contributed by atoms with Crippen LogP contribution in [0.2, 0.25) is 0 Å². The fourth-order valence-electron chi connectivity index (χ4n) is 1.47. The van der Waals surface area contributed by atoms with Gasteiger partial charge in [0.05, 0.1) is 11.7 Å². The number of carbonyl (C=O) groups excluding carboxylic acids is 1. The highest BCUT2D eigenvalue weighted by Gasteiger charge is 2.43. The van der Waals surface area contributed by atoms with Gasteiger partial charge in [-0.05, 0) is 27.2 Å². The van der Waals surface area contributed by atoms with Crippen LogP contribution in [0.5, 0.6) is 0 Å². The first kappa shape index (κ1) is 11.7. The van der Waals surface area contributed by atoms with Crippen LogP contribution in [0.4, 0.5) is 0 Å². The number of hydrogen-bond donors (Lipinski definition) is 0. The minimum absolute atomic E-state index is 0.0333. The number of Topliss-reactive ketones (excluding diaryl/α,β-unsaturated/α-hetero) is 1. The molecule has 14 heavy (non-hydrogen) atoms. The smallest absolute Gasteiger partial charge is 0.166 e. The van der Waals surface area contributed by atoms with Gasteiger partial charge in [-0.3, -0.25) is 4.79 Å². The third-order valence-electron chi connectivity index (χ3n) is 2.06. The van der Waals surface area contributed by atoms with Crippen LogP contribution >= 0.6 is 0 Å². The van der Waals surface area contributed by atoms with E-state index in [1.165, 1.54) is 0 Å². The molecule has 0 spiro atoms. The van der Waals surface area contributed by atoms with Crippen LogP contribution < -0.4 is 0 Å². The standard InChI is InChI=1S/C11H20O3/c1-5-6-13-10-8(12)7-9(10)14-11(2,3)4/h9-10H,5-7H2,1-4H3. The zero-order chi connectivity index (χ0) is 10.8. The van der Waals surface area contributed by atoms with Crippen molar-refractivity contribution in [1.29, 1.82) is 0 Å². The van der Waals surface area contributed by atoms with E-state index in [-0.39, 0.29) is 23.6 Å². The number of carbonyl (C=O) groups is 1. The summed E-state index contributed by atoms with van der Waals surface area (Å²) in [5, 5.41) is 0. The summed E-state index contributed by atoms with van der Waals surface area (Å²) in [6.45, 7) is 8.65. The van der Waals surface area contributed by atoms with Crippen molar-refractivity contribution in [3.05, 3.63) is 0 Å². The van der Waals surface area contributed by atoms with Gasteiger partial charge in [-0.25, -0.2) is 0 Å². The van der Waals surface area contributed by atoms with Crippen LogP contribution in [0, 0.1) is 0 Å². The maximum Gasteiger partial charge on any atom is 0.166 e. The summed E-state index contributed by atoms with van der Waals surface area (Å²) in [7, 11) is 0. The van der Waals surface area contributed by atoms with Crippen molar-refractivity contribution in [1.82, 2.24) is 0 Å². The van der Waals surface area contributed by atoms with Gasteiger partial charge >= 0.3 is 0 Å². The van der Waals surface area contributed by atoms with E-state index >= 15 is 0 Å². The van der Waals surface area contributed by atoms with Crippen molar-refractivity contribution >= 4 is 5.78 Å². The van der Waals surface area contributed by atoms with E-state index in [9.17, 15) is 4.79 Å². The van der Waals surface area contributed by atoms with E-state index in [4.69, 9.17) is 9.47 Å². The van der Waals surface area contributed by atoms with Gasteiger partial charge in [-0.1, -0.05) is 6.92 Å². The Hall–Kier alpha value is -0.410. The first-order valence-electron chi connectivity index (χ1n) is 5.26. The lowest BCUT2D eigenvalue weighted by atomic mass is 9.89. The molecule has 0 bridgehead atoms. The largest absolute Gasteiger partial charge is 0.369 e. The minimum atomic E-state index is -0.311. The van der Waals surface area contributed by atoms with Gasteiger partial charge in [0.25, 0.3) is 0 Å². The van der Waals surface area contributed by atoms with Gasteiger partial charge in [0.2, 0.25) is 0 Å². The second-order valence-corrected chi connectivity index (χ2v) is 4.73. The second-order valence-electron chi connectivity index (χ2n) is 4.73. The van der Waals surface area contributed by atoms with Crippen molar-refractivity contribution in [2.45, 2.75) is 58.3 Å². The number of ketones is 1. The van der Waals surface area contributed by atoms with Crippen LogP contribution in [-0.2, 0) is 14.3 Å². The Bertz CT molecular complexity index is 205. The molecule has 1 aliphatic rings. The Kier molecular flexibility index (Phi) is 3.67. The van der Waals surface area contributed by atoms with E-state index in [2.05, 4.69) is 0 Å². The van der Waals surface area contributed by atoms with Crippen LogP contribution in [0.3, 0.4) is 0 Å². The molecule has 1 saturated carbocycles. The maximum absolute atomic E-state index is 11.2. The second kappa shape index (κ2) is 4.41. The van der Waals surface area contributed by atoms with Gasteiger partial charge in [0.15, 0.2) is 5.78 Å². The van der Waals surface area contributed by atoms with Crippen LogP contribution in [-0.4, -0.2) is 30.2 Å². The lowest BCUT2D eigenvalue weighted by Gasteiger charge is -2.38. The molecule has 82 valence electrons. The summed E-state index contributed by atoms with van der Waals surface area (Å²) >= 11 is 0. The van der Waals surface area contributed by atoms with E-state index in [1.54, 1.807) is 0 Å². The first-order chi connectivity index (χ1) is 6.44. The van der Waals surface area contributed by atoms with Crippen molar-refractivity contribution in [3.8, 4) is 0 Å². The van der Waals surface area contributed by atoms with Crippen molar-refractivity contribution in [2.75, 3.05) is 6.61 Å². The monoisotopic (exact) mass is 200 g/mol. The molecule has 0 N–H and O–H groups in total. The highest BCUT2D eigenvalue weighted by molar-refractivity contribution is 5.90. The molecule has 2 unspecified atom stereocenters. The summed E-state index contributed by atoms with van der Waals surface area (Å²) in [6, 6.07) is 0. The van der Waals surface area contributed by atoms with Gasteiger partial charge < -0.3 is 9.47 Å². The molecule has 0 aromatic heterocycles. The SMILES string of the molecule is CCCOC1C(=O)CC1OC(C)(C)C. The van der Waals surface area contributed by atoms with Crippen LogP contribution in [0.1, 0.15) is 40.5 Å². The van der Waals surface area contributed by atoms with Crippen molar-refractivity contribution in [2.24, 2.45) is 0 Å². The highest BCUT2D eigenvalue weighted by atomic mass is 16.6. The van der Waals surface area contributed by atoms with Crippen LogP contribution in [0.25, 0.3) is 0 Å². The molecular formula is C11H20O3. The Morgan fingerprint density at radius 3 is 2.50 bits per heavy atom. The molecule has 1 aliphatic carbocycles. The third-order valence-corrected chi connectivity index (χ3v) is 2.06. The van der Waals surface area contributed by atoms with Crippen LogP contribution in [0.15, 0.2) is 0 Å². The molecule has 0 aromatic rings. The summed E-state index contributed by atoms with van der Waals surface area (Å²) in [4.78, 5) is 11.2. The molecule has 1 fully saturated rings. The predicted octanol–water partition coefficient (Wildman–Crippen LogP) is 1.94. The average Bonchev–Trinajstić information content (AvgIpc) is 2.01. The summed E-state index contributed by atoms with van der Waals surface area (Å²) in [6.07, 6.45) is 1.10. The average molecular weight is 200 g/mol. The number of ether oxygens (including phenoxy) is 2. The molecule has 3 heteroatoms. The molecule has 0 heterocycles. The van der Waals surface area contributed by atoms with Crippen molar-refractivity contribution in [3.63, 3.8) is 0 Å². The van der Waals surface area contributed by atoms with Gasteiger partial charge in [-0.2, -0.15) is 0 Å². The normalized spacial score (nSPS) is 27.6. The third kappa shape index (κ3) is 3.07. The molecule has 0 saturated heterocycles. The Labute approximate surface area is 85.8 Å².